The Morgan fingerprint density at radius 3 is 2.79 bits per heavy atom. The van der Waals surface area contributed by atoms with Gasteiger partial charge in [0.1, 0.15) is 11.3 Å². The van der Waals surface area contributed by atoms with Gasteiger partial charge >= 0.3 is 0 Å². The lowest BCUT2D eigenvalue weighted by molar-refractivity contribution is -0.125. The van der Waals surface area contributed by atoms with E-state index < -0.39 is 5.92 Å². The van der Waals surface area contributed by atoms with Gasteiger partial charge in [-0.1, -0.05) is 18.2 Å². The number of amides is 2. The van der Waals surface area contributed by atoms with Crippen LogP contribution in [0.2, 0.25) is 0 Å². The van der Waals surface area contributed by atoms with Crippen LogP contribution in [0.1, 0.15) is 18.6 Å². The highest BCUT2D eigenvalue weighted by atomic mass is 16.3. The van der Waals surface area contributed by atoms with E-state index in [-0.39, 0.29) is 18.4 Å². The summed E-state index contributed by atoms with van der Waals surface area (Å²) in [5, 5.41) is 6.22. The van der Waals surface area contributed by atoms with E-state index in [1.165, 1.54) is 6.20 Å². The summed E-state index contributed by atoms with van der Waals surface area (Å²) in [5.74, 6) is -0.492. The Morgan fingerprint density at radius 2 is 2.04 bits per heavy atom. The second-order valence-electron chi connectivity index (χ2n) is 5.42. The molecule has 0 fully saturated rings. The topological polar surface area (TPSA) is 84.2 Å². The van der Waals surface area contributed by atoms with Crippen LogP contribution in [0, 0.1) is 0 Å². The minimum Gasteiger partial charge on any atom is -0.460 e. The van der Waals surface area contributed by atoms with Crippen molar-refractivity contribution in [3.8, 4) is 0 Å². The van der Waals surface area contributed by atoms with Gasteiger partial charge in [-0.3, -0.25) is 14.6 Å². The summed E-state index contributed by atoms with van der Waals surface area (Å²) in [7, 11) is 0. The van der Waals surface area contributed by atoms with Crippen molar-refractivity contribution in [1.82, 2.24) is 10.3 Å². The molecule has 0 aliphatic rings. The number of hydrogen-bond acceptors (Lipinski definition) is 4. The number of rotatable bonds is 5. The van der Waals surface area contributed by atoms with Gasteiger partial charge in [-0.25, -0.2) is 0 Å². The maximum absolute atomic E-state index is 12.2. The van der Waals surface area contributed by atoms with E-state index in [1.807, 2.05) is 30.3 Å². The molecule has 6 nitrogen and oxygen atoms in total. The van der Waals surface area contributed by atoms with Crippen molar-refractivity contribution in [2.75, 3.05) is 11.9 Å². The number of fused-ring (bicyclic) bond motifs is 1. The fourth-order valence-corrected chi connectivity index (χ4v) is 2.31. The fourth-order valence-electron chi connectivity index (χ4n) is 2.31. The molecule has 2 amide bonds. The number of nitrogens with one attached hydrogen (secondary N) is 2. The maximum Gasteiger partial charge on any atom is 0.243 e. The number of furan rings is 1. The summed E-state index contributed by atoms with van der Waals surface area (Å²) in [6, 6.07) is 12.9. The molecule has 0 saturated carbocycles. The van der Waals surface area contributed by atoms with Gasteiger partial charge in [0.2, 0.25) is 11.8 Å². The average molecular weight is 323 g/mol. The van der Waals surface area contributed by atoms with Crippen LogP contribution in [0.5, 0.6) is 0 Å². The van der Waals surface area contributed by atoms with Gasteiger partial charge in [0.25, 0.3) is 0 Å². The molecular weight excluding hydrogens is 306 g/mol. The fraction of sp³-hybridized carbons (Fsp3) is 0.167. The van der Waals surface area contributed by atoms with Gasteiger partial charge in [-0.15, -0.1) is 0 Å². The molecule has 1 atom stereocenters. The molecule has 1 unspecified atom stereocenters. The van der Waals surface area contributed by atoms with Crippen LogP contribution < -0.4 is 10.6 Å². The third-order valence-electron chi connectivity index (χ3n) is 3.63. The molecule has 0 aliphatic carbocycles. The Labute approximate surface area is 138 Å². The van der Waals surface area contributed by atoms with Crippen molar-refractivity contribution in [3.63, 3.8) is 0 Å². The standard InChI is InChI=1S/C18H17N3O3/c1-12(16-9-13-5-2-3-7-15(13)24-16)18(23)20-11-17(22)21-14-6-4-8-19-10-14/h2-10,12H,11H2,1H3,(H,20,23)(H,21,22). The molecule has 24 heavy (non-hydrogen) atoms. The van der Waals surface area contributed by atoms with Gasteiger partial charge in [-0.2, -0.15) is 0 Å². The maximum atomic E-state index is 12.2. The highest BCUT2D eigenvalue weighted by Crippen LogP contribution is 2.24. The summed E-state index contributed by atoms with van der Waals surface area (Å²) in [4.78, 5) is 28.0. The lowest BCUT2D eigenvalue weighted by Crippen LogP contribution is -2.35. The van der Waals surface area contributed by atoms with E-state index in [4.69, 9.17) is 4.42 Å². The van der Waals surface area contributed by atoms with Crippen molar-refractivity contribution < 1.29 is 14.0 Å². The van der Waals surface area contributed by atoms with Crippen molar-refractivity contribution in [3.05, 3.63) is 60.6 Å². The first-order valence-corrected chi connectivity index (χ1v) is 7.59. The number of anilines is 1. The van der Waals surface area contributed by atoms with Crippen LogP contribution in [0.15, 0.2) is 59.3 Å². The highest BCUT2D eigenvalue weighted by molar-refractivity contribution is 5.95. The van der Waals surface area contributed by atoms with E-state index in [0.717, 1.165) is 11.0 Å². The van der Waals surface area contributed by atoms with Crippen LogP contribution in [0.4, 0.5) is 5.69 Å². The third-order valence-corrected chi connectivity index (χ3v) is 3.63. The number of pyridine rings is 1. The molecule has 6 heteroatoms. The van der Waals surface area contributed by atoms with Crippen molar-refractivity contribution in [2.45, 2.75) is 12.8 Å². The van der Waals surface area contributed by atoms with Crippen LogP contribution in [-0.4, -0.2) is 23.3 Å². The van der Waals surface area contributed by atoms with Crippen LogP contribution >= 0.6 is 0 Å². The van der Waals surface area contributed by atoms with E-state index in [9.17, 15) is 9.59 Å². The predicted molar refractivity (Wildman–Crippen MR) is 90.5 cm³/mol. The quantitative estimate of drug-likeness (QED) is 0.756. The SMILES string of the molecule is CC(C(=O)NCC(=O)Nc1cccnc1)c1cc2ccccc2o1. The molecule has 122 valence electrons. The van der Waals surface area contributed by atoms with E-state index in [0.29, 0.717) is 11.4 Å². The molecule has 2 N–H and O–H groups in total. The largest absolute Gasteiger partial charge is 0.460 e. The molecular formula is C18H17N3O3. The zero-order valence-electron chi connectivity index (χ0n) is 13.2. The smallest absolute Gasteiger partial charge is 0.243 e. The first-order chi connectivity index (χ1) is 11.6. The van der Waals surface area contributed by atoms with Crippen LogP contribution in [0.25, 0.3) is 11.0 Å². The van der Waals surface area contributed by atoms with Gasteiger partial charge in [0.15, 0.2) is 0 Å². The van der Waals surface area contributed by atoms with E-state index in [2.05, 4.69) is 15.6 Å². The molecule has 1 aromatic carbocycles. The Morgan fingerprint density at radius 1 is 1.21 bits per heavy atom. The summed E-state index contributed by atoms with van der Waals surface area (Å²) in [6.45, 7) is 1.63. The van der Waals surface area contributed by atoms with Crippen molar-refractivity contribution in [2.24, 2.45) is 0 Å². The second kappa shape index (κ2) is 6.95. The minimum atomic E-state index is -0.483. The third kappa shape index (κ3) is 3.60. The van der Waals surface area contributed by atoms with Gasteiger partial charge in [0, 0.05) is 11.6 Å². The summed E-state index contributed by atoms with van der Waals surface area (Å²) in [6.07, 6.45) is 3.16. The Kier molecular flexibility index (Phi) is 4.56. The molecule has 0 bridgehead atoms. The number of hydrogen-bond donors (Lipinski definition) is 2. The lowest BCUT2D eigenvalue weighted by atomic mass is 10.1. The first kappa shape index (κ1) is 15.7. The normalized spacial score (nSPS) is 11.9. The van der Waals surface area contributed by atoms with Crippen LogP contribution in [0.3, 0.4) is 0 Å². The zero-order chi connectivity index (χ0) is 16.9. The van der Waals surface area contributed by atoms with Gasteiger partial charge in [0.05, 0.1) is 24.3 Å². The number of para-hydroxylation sites is 1. The van der Waals surface area contributed by atoms with Crippen molar-refractivity contribution >= 4 is 28.5 Å². The number of carbonyl (C=O) groups excluding carboxylic acids is 2. The molecule has 2 heterocycles. The molecule has 0 radical (unpaired) electrons. The van der Waals surface area contributed by atoms with Crippen molar-refractivity contribution in [1.29, 1.82) is 0 Å². The number of carbonyl (C=O) groups is 2. The van der Waals surface area contributed by atoms with E-state index >= 15 is 0 Å². The second-order valence-corrected chi connectivity index (χ2v) is 5.42. The highest BCUT2D eigenvalue weighted by Gasteiger charge is 2.20. The number of benzene rings is 1. The Balaban J connectivity index is 1.57. The molecule has 0 saturated heterocycles. The van der Waals surface area contributed by atoms with Gasteiger partial charge < -0.3 is 15.1 Å². The first-order valence-electron chi connectivity index (χ1n) is 7.59. The monoisotopic (exact) mass is 323 g/mol. The number of aromatic nitrogens is 1. The summed E-state index contributed by atoms with van der Waals surface area (Å²) in [5.41, 5.74) is 1.32. The minimum absolute atomic E-state index is 0.113. The molecule has 3 aromatic rings. The molecule has 0 aliphatic heterocycles. The molecule has 3 rings (SSSR count). The lowest BCUT2D eigenvalue weighted by Gasteiger charge is -2.10. The van der Waals surface area contributed by atoms with Crippen LogP contribution in [-0.2, 0) is 9.59 Å². The molecule has 2 aromatic heterocycles. The average Bonchev–Trinajstić information content (AvgIpc) is 3.04. The Hall–Kier alpha value is -3.15. The summed E-state index contributed by atoms with van der Waals surface area (Å²) < 4.78 is 5.68. The predicted octanol–water partition coefficient (Wildman–Crippen LogP) is 2.69. The van der Waals surface area contributed by atoms with E-state index in [1.54, 1.807) is 25.3 Å². The molecule has 0 spiro atoms. The van der Waals surface area contributed by atoms with Gasteiger partial charge in [-0.05, 0) is 31.2 Å². The summed E-state index contributed by atoms with van der Waals surface area (Å²) >= 11 is 0. The zero-order valence-corrected chi connectivity index (χ0v) is 13.2. The Bertz CT molecular complexity index is 825. The number of nitrogens with zero attached hydrogens (tertiary/aromatic N) is 1.